The minimum absolute atomic E-state index is 0.0574. The third-order valence-corrected chi connectivity index (χ3v) is 5.20. The highest BCUT2D eigenvalue weighted by atomic mass is 32.2. The first kappa shape index (κ1) is 15.4. The van der Waals surface area contributed by atoms with E-state index in [0.29, 0.717) is 43.2 Å². The molecule has 2 N–H and O–H groups in total. The van der Waals surface area contributed by atoms with Crippen molar-refractivity contribution in [3.8, 4) is 0 Å². The van der Waals surface area contributed by atoms with Crippen molar-refractivity contribution in [2.75, 3.05) is 19.8 Å². The number of aryl methyl sites for hydroxylation is 1. The van der Waals surface area contributed by atoms with Gasteiger partial charge >= 0.3 is 4.87 Å². The number of hydrogen-bond donors (Lipinski definition) is 2. The maximum atomic E-state index is 11.9. The van der Waals surface area contributed by atoms with E-state index in [9.17, 15) is 13.2 Å². The molecule has 18 heavy (non-hydrogen) atoms. The van der Waals surface area contributed by atoms with Gasteiger partial charge in [0.2, 0.25) is 0 Å². The smallest absolute Gasteiger partial charge is 0.305 e. The van der Waals surface area contributed by atoms with E-state index in [-0.39, 0.29) is 9.08 Å². The third-order valence-electron chi connectivity index (χ3n) is 2.13. The molecule has 6 nitrogen and oxygen atoms in total. The van der Waals surface area contributed by atoms with Gasteiger partial charge in [0.05, 0.1) is 0 Å². The van der Waals surface area contributed by atoms with E-state index in [1.165, 1.54) is 0 Å². The van der Waals surface area contributed by atoms with Crippen molar-refractivity contribution >= 4 is 21.4 Å². The minimum atomic E-state index is -3.58. The summed E-state index contributed by atoms with van der Waals surface area (Å²) in [5.74, 6) is 0. The number of ether oxygens (including phenoxy) is 1. The number of sulfonamides is 1. The lowest BCUT2D eigenvalue weighted by Crippen LogP contribution is -2.25. The summed E-state index contributed by atoms with van der Waals surface area (Å²) in [5.41, 5.74) is 0.375. The van der Waals surface area contributed by atoms with E-state index in [2.05, 4.69) is 9.71 Å². The Kier molecular flexibility index (Phi) is 6.00. The molecule has 1 aromatic rings. The molecule has 0 bridgehead atoms. The number of aromatic amines is 1. The van der Waals surface area contributed by atoms with Gasteiger partial charge in [-0.3, -0.25) is 4.79 Å². The van der Waals surface area contributed by atoms with Crippen LogP contribution in [0.1, 0.15) is 25.5 Å². The lowest BCUT2D eigenvalue weighted by molar-refractivity contribution is 0.133. The van der Waals surface area contributed by atoms with Crippen LogP contribution in [0, 0.1) is 6.92 Å². The molecule has 0 unspecified atom stereocenters. The predicted molar refractivity (Wildman–Crippen MR) is 70.6 cm³/mol. The molecule has 0 aliphatic rings. The molecule has 1 aromatic heterocycles. The fourth-order valence-electron chi connectivity index (χ4n) is 1.34. The summed E-state index contributed by atoms with van der Waals surface area (Å²) in [6.07, 6.45) is 1.56. The van der Waals surface area contributed by atoms with Crippen molar-refractivity contribution in [2.45, 2.75) is 30.9 Å². The van der Waals surface area contributed by atoms with Gasteiger partial charge in [-0.1, -0.05) is 18.3 Å². The van der Waals surface area contributed by atoms with Gasteiger partial charge in [-0.25, -0.2) is 13.1 Å². The number of rotatable bonds is 8. The molecule has 0 saturated carbocycles. The van der Waals surface area contributed by atoms with Crippen molar-refractivity contribution in [3.63, 3.8) is 0 Å². The van der Waals surface area contributed by atoms with Crippen molar-refractivity contribution in [1.82, 2.24) is 9.71 Å². The zero-order valence-corrected chi connectivity index (χ0v) is 12.1. The van der Waals surface area contributed by atoms with E-state index in [0.717, 1.165) is 6.42 Å². The second kappa shape index (κ2) is 7.03. The van der Waals surface area contributed by atoms with Gasteiger partial charge in [0.15, 0.2) is 4.21 Å². The monoisotopic (exact) mass is 294 g/mol. The van der Waals surface area contributed by atoms with Crippen LogP contribution in [0.3, 0.4) is 0 Å². The first-order valence-corrected chi connectivity index (χ1v) is 8.04. The Morgan fingerprint density at radius 1 is 1.39 bits per heavy atom. The second-order valence-corrected chi connectivity index (χ2v) is 6.74. The molecule has 0 fully saturated rings. The van der Waals surface area contributed by atoms with Crippen LogP contribution in [0.5, 0.6) is 0 Å². The van der Waals surface area contributed by atoms with Crippen LogP contribution < -0.4 is 9.60 Å². The molecule has 1 heterocycles. The molecule has 0 amide bonds. The summed E-state index contributed by atoms with van der Waals surface area (Å²) in [7, 11) is -3.58. The predicted octanol–water partition coefficient (Wildman–Crippen LogP) is 0.840. The molecule has 0 atom stereocenters. The summed E-state index contributed by atoms with van der Waals surface area (Å²) in [6, 6.07) is 0. The maximum Gasteiger partial charge on any atom is 0.305 e. The number of hydrogen-bond acceptors (Lipinski definition) is 5. The first-order valence-electron chi connectivity index (χ1n) is 5.74. The molecule has 0 spiro atoms. The van der Waals surface area contributed by atoms with Crippen LogP contribution in [-0.2, 0) is 14.8 Å². The normalized spacial score (nSPS) is 11.9. The van der Waals surface area contributed by atoms with Crippen LogP contribution in [0.25, 0.3) is 0 Å². The van der Waals surface area contributed by atoms with E-state index < -0.39 is 10.0 Å². The van der Waals surface area contributed by atoms with Gasteiger partial charge in [0.1, 0.15) is 0 Å². The zero-order valence-electron chi connectivity index (χ0n) is 10.5. The molecule has 0 aliphatic heterocycles. The average molecular weight is 294 g/mol. The Bertz CT molecular complexity index is 518. The summed E-state index contributed by atoms with van der Waals surface area (Å²) in [6.45, 7) is 5.09. The molecule has 1 rings (SSSR count). The molecule has 0 radical (unpaired) electrons. The van der Waals surface area contributed by atoms with E-state index in [1.807, 2.05) is 6.92 Å². The highest BCUT2D eigenvalue weighted by Gasteiger charge is 2.19. The van der Waals surface area contributed by atoms with Gasteiger partial charge in [0, 0.05) is 25.5 Å². The lowest BCUT2D eigenvalue weighted by atomic mass is 10.4. The Hall–Kier alpha value is -0.700. The summed E-state index contributed by atoms with van der Waals surface area (Å²) in [4.78, 5) is 13.1. The van der Waals surface area contributed by atoms with E-state index in [4.69, 9.17) is 4.74 Å². The summed E-state index contributed by atoms with van der Waals surface area (Å²) in [5, 5.41) is 0. The summed E-state index contributed by atoms with van der Waals surface area (Å²) < 4.78 is 31.5. The van der Waals surface area contributed by atoms with Crippen molar-refractivity contribution in [3.05, 3.63) is 15.4 Å². The Morgan fingerprint density at radius 2 is 2.11 bits per heavy atom. The second-order valence-electron chi connectivity index (χ2n) is 3.79. The van der Waals surface area contributed by atoms with Gasteiger partial charge in [-0.2, -0.15) is 0 Å². The molecule has 0 aromatic carbocycles. The van der Waals surface area contributed by atoms with Gasteiger partial charge in [-0.15, -0.1) is 0 Å². The van der Waals surface area contributed by atoms with Crippen LogP contribution in [-0.4, -0.2) is 33.2 Å². The highest BCUT2D eigenvalue weighted by molar-refractivity contribution is 7.91. The Labute approximate surface area is 110 Å². The Balaban J connectivity index is 2.46. The number of aromatic nitrogens is 1. The zero-order chi connectivity index (χ0) is 13.6. The SMILES string of the molecule is CCCOCCCNS(=O)(=O)c1sc(=O)[nH]c1C. The number of nitrogens with one attached hydrogen (secondary N) is 2. The van der Waals surface area contributed by atoms with E-state index >= 15 is 0 Å². The molecular weight excluding hydrogens is 276 g/mol. The average Bonchev–Trinajstić information content (AvgIpc) is 2.63. The van der Waals surface area contributed by atoms with Crippen LogP contribution in [0.15, 0.2) is 9.00 Å². The van der Waals surface area contributed by atoms with Gasteiger partial charge in [0.25, 0.3) is 10.0 Å². The third kappa shape index (κ3) is 4.52. The van der Waals surface area contributed by atoms with Gasteiger partial charge < -0.3 is 9.72 Å². The molecule has 0 saturated heterocycles. The minimum Gasteiger partial charge on any atom is -0.381 e. The molecule has 0 aliphatic carbocycles. The fourth-order valence-corrected chi connectivity index (χ4v) is 3.76. The summed E-state index contributed by atoms with van der Waals surface area (Å²) >= 11 is 0.700. The largest absolute Gasteiger partial charge is 0.381 e. The lowest BCUT2D eigenvalue weighted by Gasteiger charge is -2.05. The fraction of sp³-hybridized carbons (Fsp3) is 0.700. The van der Waals surface area contributed by atoms with Crippen LogP contribution >= 0.6 is 11.3 Å². The number of H-pyrrole nitrogens is 1. The highest BCUT2D eigenvalue weighted by Crippen LogP contribution is 2.15. The first-order chi connectivity index (χ1) is 8.47. The quantitative estimate of drug-likeness (QED) is 0.695. The van der Waals surface area contributed by atoms with Gasteiger partial charge in [-0.05, 0) is 19.8 Å². The van der Waals surface area contributed by atoms with Crippen molar-refractivity contribution < 1.29 is 13.2 Å². The van der Waals surface area contributed by atoms with Crippen LogP contribution in [0.2, 0.25) is 0 Å². The van der Waals surface area contributed by atoms with Crippen molar-refractivity contribution in [1.29, 1.82) is 0 Å². The molecular formula is C10H18N2O4S2. The van der Waals surface area contributed by atoms with Crippen LogP contribution in [0.4, 0.5) is 0 Å². The maximum absolute atomic E-state index is 11.9. The topological polar surface area (TPSA) is 88.3 Å². The Morgan fingerprint density at radius 3 is 2.67 bits per heavy atom. The molecule has 104 valence electrons. The molecule has 8 heteroatoms. The van der Waals surface area contributed by atoms with E-state index in [1.54, 1.807) is 6.92 Å². The number of thiazole rings is 1. The standard InChI is InChI=1S/C10H18N2O4S2/c1-3-6-16-7-4-5-11-18(14,15)9-8(2)12-10(13)17-9/h11H,3-7H2,1-2H3,(H,12,13). The van der Waals surface area contributed by atoms with Crippen molar-refractivity contribution in [2.24, 2.45) is 0 Å².